The lowest BCUT2D eigenvalue weighted by Crippen LogP contribution is -2.39. The van der Waals surface area contributed by atoms with Gasteiger partial charge in [-0.25, -0.2) is 4.99 Å². The third-order valence-electron chi connectivity index (χ3n) is 5.46. The van der Waals surface area contributed by atoms with Crippen LogP contribution in [0.1, 0.15) is 30.1 Å². The van der Waals surface area contributed by atoms with E-state index in [9.17, 15) is 0 Å². The Labute approximate surface area is 153 Å². The number of piperidine rings is 1. The van der Waals surface area contributed by atoms with E-state index in [1.807, 2.05) is 12.1 Å². The molecule has 5 heteroatoms. The number of likely N-dealkylation sites (tertiary alicyclic amines) is 1. The van der Waals surface area contributed by atoms with Crippen LogP contribution >= 0.6 is 0 Å². The van der Waals surface area contributed by atoms with Gasteiger partial charge in [-0.05, 0) is 36.5 Å². The van der Waals surface area contributed by atoms with Crippen LogP contribution in [0.25, 0.3) is 5.69 Å². The Morgan fingerprint density at radius 1 is 0.885 bits per heavy atom. The zero-order chi connectivity index (χ0) is 17.3. The number of para-hydroxylation sites is 2. The first-order chi connectivity index (χ1) is 12.9. The van der Waals surface area contributed by atoms with Gasteiger partial charge in [-0.1, -0.05) is 42.5 Å². The molecule has 0 atom stereocenters. The summed E-state index contributed by atoms with van der Waals surface area (Å²) in [6.07, 6.45) is 4.84. The van der Waals surface area contributed by atoms with Crippen LogP contribution in [0, 0.1) is 0 Å². The molecule has 0 N–H and O–H groups in total. The van der Waals surface area contributed by atoms with Gasteiger partial charge in [-0.3, -0.25) is 4.57 Å². The second-order valence-corrected chi connectivity index (χ2v) is 6.98. The highest BCUT2D eigenvalue weighted by Gasteiger charge is 2.26. The van der Waals surface area contributed by atoms with Gasteiger partial charge in [0.15, 0.2) is 0 Å². The number of fused-ring (bicyclic) bond motifs is 3. The predicted molar refractivity (Wildman–Crippen MR) is 102 cm³/mol. The van der Waals surface area contributed by atoms with E-state index in [1.54, 1.807) is 6.33 Å². The maximum absolute atomic E-state index is 5.00. The fraction of sp³-hybridized carbons (Fsp3) is 0.286. The number of rotatable bonds is 1. The van der Waals surface area contributed by atoms with Crippen molar-refractivity contribution in [2.24, 2.45) is 4.99 Å². The van der Waals surface area contributed by atoms with Crippen molar-refractivity contribution in [1.82, 2.24) is 19.7 Å². The van der Waals surface area contributed by atoms with Crippen molar-refractivity contribution in [3.8, 4) is 5.69 Å². The van der Waals surface area contributed by atoms with E-state index in [2.05, 4.69) is 62.1 Å². The van der Waals surface area contributed by atoms with Crippen molar-refractivity contribution < 1.29 is 0 Å². The van der Waals surface area contributed by atoms with Crippen LogP contribution in [0.4, 0.5) is 5.69 Å². The van der Waals surface area contributed by atoms with Crippen LogP contribution in [0.15, 0.2) is 65.9 Å². The Morgan fingerprint density at radius 2 is 1.65 bits per heavy atom. The van der Waals surface area contributed by atoms with Crippen LogP contribution in [0.5, 0.6) is 0 Å². The Kier molecular flexibility index (Phi) is 3.77. The number of aliphatic imine (C=N–C) groups is 1. The van der Waals surface area contributed by atoms with E-state index in [1.165, 1.54) is 5.56 Å². The van der Waals surface area contributed by atoms with Crippen molar-refractivity contribution in [1.29, 1.82) is 0 Å². The largest absolute Gasteiger partial charge is 0.360 e. The van der Waals surface area contributed by atoms with Gasteiger partial charge in [0.05, 0.1) is 17.8 Å². The Bertz CT molecular complexity index is 936. The molecule has 130 valence electrons. The van der Waals surface area contributed by atoms with Crippen LogP contribution < -0.4 is 0 Å². The zero-order valence-corrected chi connectivity index (χ0v) is 14.6. The molecule has 0 unspecified atom stereocenters. The first kappa shape index (κ1) is 15.3. The molecule has 26 heavy (non-hydrogen) atoms. The summed E-state index contributed by atoms with van der Waals surface area (Å²) in [5, 5.41) is 8.44. The van der Waals surface area contributed by atoms with Gasteiger partial charge < -0.3 is 4.90 Å². The number of hydrogen-bond acceptors (Lipinski definition) is 4. The van der Waals surface area contributed by atoms with Gasteiger partial charge in [0.25, 0.3) is 0 Å². The maximum Gasteiger partial charge on any atom is 0.145 e. The molecule has 3 aromatic rings. The van der Waals surface area contributed by atoms with Crippen LogP contribution in [-0.2, 0) is 6.42 Å². The third kappa shape index (κ3) is 2.69. The van der Waals surface area contributed by atoms with Gasteiger partial charge in [0.1, 0.15) is 18.0 Å². The molecule has 1 aromatic heterocycles. The first-order valence-electron chi connectivity index (χ1n) is 9.24. The standard InChI is InChI=1S/C21H21N5/c1-2-6-16(7-3-1)17-10-12-25(13-11-17)20-14-21-24-22-15-26(21)19-9-5-4-8-18(19)23-20/h1-9,15,17H,10-14H2. The summed E-state index contributed by atoms with van der Waals surface area (Å²) in [4.78, 5) is 7.43. The minimum atomic E-state index is 0.648. The summed E-state index contributed by atoms with van der Waals surface area (Å²) >= 11 is 0. The lowest BCUT2D eigenvalue weighted by molar-refractivity contribution is 0.309. The van der Waals surface area contributed by atoms with Crippen LogP contribution in [0.3, 0.4) is 0 Å². The molecule has 0 aliphatic carbocycles. The highest BCUT2D eigenvalue weighted by atomic mass is 15.3. The van der Waals surface area contributed by atoms with Gasteiger partial charge in [-0.2, -0.15) is 0 Å². The average Bonchev–Trinajstić information content (AvgIpc) is 3.11. The van der Waals surface area contributed by atoms with Crippen molar-refractivity contribution in [3.63, 3.8) is 0 Å². The van der Waals surface area contributed by atoms with E-state index in [4.69, 9.17) is 4.99 Å². The van der Waals surface area contributed by atoms with Crippen molar-refractivity contribution in [3.05, 3.63) is 72.3 Å². The van der Waals surface area contributed by atoms with Gasteiger partial charge in [0, 0.05) is 13.1 Å². The molecule has 0 amide bonds. The molecule has 0 saturated carbocycles. The van der Waals surface area contributed by atoms with E-state index in [0.717, 1.165) is 55.4 Å². The summed E-state index contributed by atoms with van der Waals surface area (Å²) in [5.74, 6) is 2.71. The molecule has 3 heterocycles. The predicted octanol–water partition coefficient (Wildman–Crippen LogP) is 3.73. The second-order valence-electron chi connectivity index (χ2n) is 6.98. The Balaban J connectivity index is 1.41. The summed E-state index contributed by atoms with van der Waals surface area (Å²) < 4.78 is 2.06. The SMILES string of the molecule is c1ccc(C2CCN(C3=Nc4ccccc4-n4cnnc4C3)CC2)cc1. The zero-order valence-electron chi connectivity index (χ0n) is 14.6. The number of hydrogen-bond donors (Lipinski definition) is 0. The van der Waals surface area contributed by atoms with Crippen molar-refractivity contribution in [2.75, 3.05) is 13.1 Å². The summed E-state index contributed by atoms with van der Waals surface area (Å²) in [6.45, 7) is 2.07. The lowest BCUT2D eigenvalue weighted by atomic mass is 9.89. The normalized spacial score (nSPS) is 17.2. The molecule has 0 spiro atoms. The molecule has 1 saturated heterocycles. The lowest BCUT2D eigenvalue weighted by Gasteiger charge is -2.34. The molecular weight excluding hydrogens is 322 g/mol. The highest BCUT2D eigenvalue weighted by Crippen LogP contribution is 2.31. The maximum atomic E-state index is 5.00. The number of benzene rings is 2. The quantitative estimate of drug-likeness (QED) is 0.676. The van der Waals surface area contributed by atoms with E-state index >= 15 is 0 Å². The minimum Gasteiger partial charge on any atom is -0.360 e. The smallest absolute Gasteiger partial charge is 0.145 e. The van der Waals surface area contributed by atoms with Gasteiger partial charge in [-0.15, -0.1) is 10.2 Å². The topological polar surface area (TPSA) is 46.3 Å². The van der Waals surface area contributed by atoms with Gasteiger partial charge in [0.2, 0.25) is 0 Å². The highest BCUT2D eigenvalue weighted by molar-refractivity contribution is 5.88. The third-order valence-corrected chi connectivity index (χ3v) is 5.46. The molecule has 5 nitrogen and oxygen atoms in total. The summed E-state index contributed by atoms with van der Waals surface area (Å²) in [5.41, 5.74) is 3.51. The second kappa shape index (κ2) is 6.41. The van der Waals surface area contributed by atoms with Crippen LogP contribution in [-0.4, -0.2) is 38.6 Å². The fourth-order valence-electron chi connectivity index (χ4n) is 4.04. The Hall–Kier alpha value is -2.95. The molecule has 2 aliphatic heterocycles. The van der Waals surface area contributed by atoms with Crippen molar-refractivity contribution in [2.45, 2.75) is 25.2 Å². The molecule has 0 bridgehead atoms. The number of amidine groups is 1. The number of aromatic nitrogens is 3. The fourth-order valence-corrected chi connectivity index (χ4v) is 4.04. The summed E-state index contributed by atoms with van der Waals surface area (Å²) in [7, 11) is 0. The molecule has 5 rings (SSSR count). The van der Waals surface area contributed by atoms with E-state index in [0.29, 0.717) is 5.92 Å². The summed E-state index contributed by atoms with van der Waals surface area (Å²) in [6, 6.07) is 19.1. The number of nitrogens with zero attached hydrogens (tertiary/aromatic N) is 5. The van der Waals surface area contributed by atoms with E-state index < -0.39 is 0 Å². The van der Waals surface area contributed by atoms with E-state index in [-0.39, 0.29) is 0 Å². The van der Waals surface area contributed by atoms with Crippen LogP contribution in [0.2, 0.25) is 0 Å². The molecule has 2 aromatic carbocycles. The molecule has 1 fully saturated rings. The Morgan fingerprint density at radius 3 is 2.50 bits per heavy atom. The van der Waals surface area contributed by atoms with Gasteiger partial charge >= 0.3 is 0 Å². The molecular formula is C21H21N5. The van der Waals surface area contributed by atoms with Crippen molar-refractivity contribution >= 4 is 11.5 Å². The minimum absolute atomic E-state index is 0.648. The molecule has 2 aliphatic rings. The average molecular weight is 343 g/mol. The molecule has 0 radical (unpaired) electrons. The first-order valence-corrected chi connectivity index (χ1v) is 9.24. The monoisotopic (exact) mass is 343 g/mol.